The van der Waals surface area contributed by atoms with Crippen molar-refractivity contribution in [3.8, 4) is 0 Å². The molecule has 8 nitrogen and oxygen atoms in total. The van der Waals surface area contributed by atoms with Crippen molar-refractivity contribution in [2.24, 2.45) is 11.0 Å². The maximum atomic E-state index is 13.3. The van der Waals surface area contributed by atoms with Crippen molar-refractivity contribution in [3.05, 3.63) is 28.8 Å². The van der Waals surface area contributed by atoms with Crippen molar-refractivity contribution in [1.29, 1.82) is 0 Å². The van der Waals surface area contributed by atoms with Crippen molar-refractivity contribution in [2.75, 3.05) is 11.5 Å². The Morgan fingerprint density at radius 1 is 1.33 bits per heavy atom. The second-order valence-electron chi connectivity index (χ2n) is 6.48. The van der Waals surface area contributed by atoms with E-state index < -0.39 is 35.1 Å². The quantitative estimate of drug-likeness (QED) is 0.577. The number of halogens is 1. The minimum Gasteiger partial charge on any atom is -0.461 e. The van der Waals surface area contributed by atoms with Gasteiger partial charge in [-0.1, -0.05) is 17.7 Å². The average Bonchev–Trinajstić information content (AvgIpc) is 3.02. The van der Waals surface area contributed by atoms with E-state index in [0.29, 0.717) is 16.3 Å². The van der Waals surface area contributed by atoms with Crippen molar-refractivity contribution in [1.82, 2.24) is 5.01 Å². The Bertz CT molecular complexity index is 912. The van der Waals surface area contributed by atoms with Crippen LogP contribution >= 0.6 is 11.6 Å². The van der Waals surface area contributed by atoms with Crippen LogP contribution in [0.2, 0.25) is 5.02 Å². The molecule has 2 unspecified atom stereocenters. The summed E-state index contributed by atoms with van der Waals surface area (Å²) in [6.45, 7) is 6.00. The molecule has 0 spiro atoms. The predicted molar refractivity (Wildman–Crippen MR) is 97.2 cm³/mol. The molecule has 0 saturated carbocycles. The SMILES string of the molecule is CCOC(=O)C1=NN(C(C)=O)C2(C)C(=O)N(c3cccc(Cl)c3C)C(=O)C12. The first-order valence-corrected chi connectivity index (χ1v) is 8.74. The molecule has 0 aromatic heterocycles. The molecule has 2 aliphatic heterocycles. The van der Waals surface area contributed by atoms with E-state index in [2.05, 4.69) is 5.10 Å². The number of anilines is 1. The van der Waals surface area contributed by atoms with Gasteiger partial charge in [0, 0.05) is 11.9 Å². The summed E-state index contributed by atoms with van der Waals surface area (Å²) < 4.78 is 4.96. The van der Waals surface area contributed by atoms with Gasteiger partial charge in [0.1, 0.15) is 5.92 Å². The molecule has 1 saturated heterocycles. The zero-order valence-corrected chi connectivity index (χ0v) is 16.0. The second kappa shape index (κ2) is 6.45. The maximum Gasteiger partial charge on any atom is 0.355 e. The number of carbonyl (C=O) groups excluding carboxylic acids is 4. The zero-order chi connectivity index (χ0) is 20.1. The fourth-order valence-corrected chi connectivity index (χ4v) is 3.68. The number of fused-ring (bicyclic) bond motifs is 1. The first-order valence-electron chi connectivity index (χ1n) is 8.36. The van der Waals surface area contributed by atoms with Crippen LogP contribution < -0.4 is 4.90 Å². The number of benzene rings is 1. The third-order valence-corrected chi connectivity index (χ3v) is 5.26. The Morgan fingerprint density at radius 3 is 2.59 bits per heavy atom. The van der Waals surface area contributed by atoms with Gasteiger partial charge in [-0.2, -0.15) is 5.10 Å². The van der Waals surface area contributed by atoms with Gasteiger partial charge < -0.3 is 4.74 Å². The number of imide groups is 1. The number of ether oxygens (including phenoxy) is 1. The fraction of sp³-hybridized carbons (Fsp3) is 0.389. The van der Waals surface area contributed by atoms with E-state index in [1.54, 1.807) is 32.0 Å². The molecule has 1 fully saturated rings. The van der Waals surface area contributed by atoms with Crippen LogP contribution in [0.4, 0.5) is 5.69 Å². The first-order chi connectivity index (χ1) is 12.7. The van der Waals surface area contributed by atoms with Gasteiger partial charge in [-0.3, -0.25) is 14.4 Å². The summed E-state index contributed by atoms with van der Waals surface area (Å²) in [6.07, 6.45) is 0. The summed E-state index contributed by atoms with van der Waals surface area (Å²) in [6, 6.07) is 4.84. The van der Waals surface area contributed by atoms with Crippen LogP contribution in [0.15, 0.2) is 23.3 Å². The highest BCUT2D eigenvalue weighted by molar-refractivity contribution is 6.48. The molecule has 2 atom stereocenters. The summed E-state index contributed by atoms with van der Waals surface area (Å²) in [5.74, 6) is -3.94. The Balaban J connectivity index is 2.16. The predicted octanol–water partition coefficient (Wildman–Crippen LogP) is 1.68. The number of hydrogen-bond donors (Lipinski definition) is 0. The molecule has 2 aliphatic rings. The number of rotatable bonds is 3. The van der Waals surface area contributed by atoms with E-state index in [-0.39, 0.29) is 12.3 Å². The van der Waals surface area contributed by atoms with Crippen LogP contribution in [0.25, 0.3) is 0 Å². The molecule has 0 N–H and O–H groups in total. The lowest BCUT2D eigenvalue weighted by atomic mass is 9.85. The summed E-state index contributed by atoms with van der Waals surface area (Å²) in [4.78, 5) is 51.8. The molecule has 1 aromatic carbocycles. The van der Waals surface area contributed by atoms with E-state index >= 15 is 0 Å². The molecule has 2 heterocycles. The van der Waals surface area contributed by atoms with Crippen LogP contribution in [0, 0.1) is 12.8 Å². The zero-order valence-electron chi connectivity index (χ0n) is 15.3. The number of hydrogen-bond acceptors (Lipinski definition) is 6. The Hall–Kier alpha value is -2.74. The van der Waals surface area contributed by atoms with Crippen molar-refractivity contribution < 1.29 is 23.9 Å². The summed E-state index contributed by atoms with van der Waals surface area (Å²) >= 11 is 6.13. The van der Waals surface area contributed by atoms with Gasteiger partial charge >= 0.3 is 5.97 Å². The summed E-state index contributed by atoms with van der Waals surface area (Å²) in [7, 11) is 0. The smallest absolute Gasteiger partial charge is 0.355 e. The number of hydrazone groups is 1. The molecule has 3 rings (SSSR count). The lowest BCUT2D eigenvalue weighted by Crippen LogP contribution is -2.52. The highest BCUT2D eigenvalue weighted by atomic mass is 35.5. The van der Waals surface area contributed by atoms with E-state index in [4.69, 9.17) is 16.3 Å². The monoisotopic (exact) mass is 391 g/mol. The topological polar surface area (TPSA) is 96.3 Å². The third-order valence-electron chi connectivity index (χ3n) is 4.85. The molecule has 0 bridgehead atoms. The molecule has 142 valence electrons. The van der Waals surface area contributed by atoms with Gasteiger partial charge in [-0.15, -0.1) is 0 Å². The fourth-order valence-electron chi connectivity index (χ4n) is 3.51. The summed E-state index contributed by atoms with van der Waals surface area (Å²) in [5.41, 5.74) is -1.05. The van der Waals surface area contributed by atoms with Crippen LogP contribution in [-0.4, -0.2) is 46.6 Å². The summed E-state index contributed by atoms with van der Waals surface area (Å²) in [5, 5.41) is 5.24. The normalized spacial score (nSPS) is 24.2. The molecule has 9 heteroatoms. The lowest BCUT2D eigenvalue weighted by Gasteiger charge is -2.29. The van der Waals surface area contributed by atoms with Crippen molar-refractivity contribution in [3.63, 3.8) is 0 Å². The van der Waals surface area contributed by atoms with E-state index in [1.807, 2.05) is 0 Å². The van der Waals surface area contributed by atoms with Gasteiger partial charge in [-0.25, -0.2) is 14.7 Å². The van der Waals surface area contributed by atoms with Crippen LogP contribution in [0.1, 0.15) is 26.3 Å². The van der Waals surface area contributed by atoms with Crippen LogP contribution in [0.3, 0.4) is 0 Å². The molecular formula is C18H18ClN3O5. The molecule has 0 aliphatic carbocycles. The Labute approximate surface area is 160 Å². The lowest BCUT2D eigenvalue weighted by molar-refractivity contribution is -0.142. The van der Waals surface area contributed by atoms with E-state index in [0.717, 1.165) is 9.91 Å². The largest absolute Gasteiger partial charge is 0.461 e. The number of esters is 1. The molecule has 1 aromatic rings. The highest BCUT2D eigenvalue weighted by Crippen LogP contribution is 2.44. The van der Waals surface area contributed by atoms with E-state index in [1.165, 1.54) is 13.8 Å². The van der Waals surface area contributed by atoms with Crippen molar-refractivity contribution >= 4 is 46.7 Å². The molecule has 0 radical (unpaired) electrons. The standard InChI is InChI=1S/C18H18ClN3O5/c1-5-27-16(25)14-13-15(24)21(12-8-6-7-11(19)9(12)2)17(26)18(13,4)22(20-14)10(3)23/h6-8,13H,5H2,1-4H3. The van der Waals surface area contributed by atoms with Gasteiger partial charge in [0.2, 0.25) is 11.8 Å². The molecule has 27 heavy (non-hydrogen) atoms. The average molecular weight is 392 g/mol. The minimum absolute atomic E-state index is 0.0701. The number of carbonyl (C=O) groups is 4. The maximum absolute atomic E-state index is 13.3. The van der Waals surface area contributed by atoms with Gasteiger partial charge in [0.05, 0.1) is 12.3 Å². The number of amides is 3. The van der Waals surface area contributed by atoms with E-state index in [9.17, 15) is 19.2 Å². The molecule has 3 amide bonds. The number of nitrogens with zero attached hydrogens (tertiary/aromatic N) is 3. The van der Waals surface area contributed by atoms with Crippen LogP contribution in [-0.2, 0) is 23.9 Å². The minimum atomic E-state index is -1.64. The van der Waals surface area contributed by atoms with Crippen molar-refractivity contribution in [2.45, 2.75) is 33.2 Å². The first kappa shape index (κ1) is 19.0. The second-order valence-corrected chi connectivity index (χ2v) is 6.89. The Morgan fingerprint density at radius 2 is 2.00 bits per heavy atom. The Kier molecular flexibility index (Phi) is 4.55. The van der Waals surface area contributed by atoms with Gasteiger partial charge in [-0.05, 0) is 38.5 Å². The highest BCUT2D eigenvalue weighted by Gasteiger charge is 2.68. The molecular weight excluding hydrogens is 374 g/mol. The van der Waals surface area contributed by atoms with Gasteiger partial charge in [0.15, 0.2) is 11.3 Å². The van der Waals surface area contributed by atoms with Crippen LogP contribution in [0.5, 0.6) is 0 Å². The third kappa shape index (κ3) is 2.55. The van der Waals surface area contributed by atoms with Gasteiger partial charge in [0.25, 0.3) is 5.91 Å².